The molecule has 0 bridgehead atoms. The molecule has 194 valence electrons. The third-order valence-electron chi connectivity index (χ3n) is 6.96. The minimum Gasteiger partial charge on any atom is -0.379 e. The van der Waals surface area contributed by atoms with E-state index in [2.05, 4.69) is 39.2 Å². The topological polar surface area (TPSA) is 78.0 Å². The van der Waals surface area contributed by atoms with Gasteiger partial charge in [-0.1, -0.05) is 18.2 Å². The highest BCUT2D eigenvalue weighted by atomic mass is 32.1. The number of amides is 2. The maximum atomic E-state index is 12.9. The fourth-order valence-corrected chi connectivity index (χ4v) is 6.02. The predicted octanol–water partition coefficient (Wildman–Crippen LogP) is 3.36. The number of fused-ring (bicyclic) bond motifs is 2. The Bertz CT molecular complexity index is 1310. The van der Waals surface area contributed by atoms with E-state index in [-0.39, 0.29) is 11.8 Å². The number of thiophene rings is 1. The lowest BCUT2D eigenvalue weighted by Crippen LogP contribution is -2.42. The van der Waals surface area contributed by atoms with Gasteiger partial charge in [0.15, 0.2) is 0 Å². The molecule has 1 aromatic carbocycles. The molecule has 3 aromatic rings. The summed E-state index contributed by atoms with van der Waals surface area (Å²) in [7, 11) is 1.83. The number of nitrogens with one attached hydrogen (secondary N) is 1. The summed E-state index contributed by atoms with van der Waals surface area (Å²) in [6.07, 6.45) is 5.09. The summed E-state index contributed by atoms with van der Waals surface area (Å²) in [4.78, 5) is 37.2. The van der Waals surface area contributed by atoms with Crippen LogP contribution in [-0.4, -0.2) is 84.5 Å². The summed E-state index contributed by atoms with van der Waals surface area (Å²) in [6.45, 7) is 8.75. The van der Waals surface area contributed by atoms with E-state index >= 15 is 0 Å². The quantitative estimate of drug-likeness (QED) is 0.483. The number of rotatable bonds is 7. The second-order valence-corrected chi connectivity index (χ2v) is 10.8. The SMILES string of the molecule is Cc1c(CN(C)C(=O)C=Cc2cnc3c(c2)CN(CCN2CCOCC2)CC(=O)N3)sc2ccccc12. The minimum atomic E-state index is -0.0627. The second kappa shape index (κ2) is 11.5. The lowest BCUT2D eigenvalue weighted by Gasteiger charge is -2.29. The van der Waals surface area contributed by atoms with Gasteiger partial charge in [-0.15, -0.1) is 11.3 Å². The molecule has 2 aliphatic heterocycles. The van der Waals surface area contributed by atoms with Gasteiger partial charge in [0, 0.05) is 67.2 Å². The number of likely N-dealkylation sites (N-methyl/N-ethyl adjacent to an activating group) is 1. The number of ether oxygens (including phenoxy) is 1. The number of aryl methyl sites for hydroxylation is 1. The molecule has 0 unspecified atom stereocenters. The molecule has 4 heterocycles. The zero-order valence-corrected chi connectivity index (χ0v) is 22.2. The molecular weight excluding hydrogens is 486 g/mol. The first-order valence-electron chi connectivity index (χ1n) is 12.7. The Morgan fingerprint density at radius 1 is 1.19 bits per heavy atom. The van der Waals surface area contributed by atoms with E-state index in [0.717, 1.165) is 50.5 Å². The minimum absolute atomic E-state index is 0.0511. The summed E-state index contributed by atoms with van der Waals surface area (Å²) in [5.74, 6) is 0.483. The van der Waals surface area contributed by atoms with Crippen molar-refractivity contribution in [2.75, 3.05) is 58.3 Å². The van der Waals surface area contributed by atoms with E-state index in [1.165, 1.54) is 20.5 Å². The van der Waals surface area contributed by atoms with Crippen molar-refractivity contribution in [3.63, 3.8) is 0 Å². The zero-order valence-electron chi connectivity index (χ0n) is 21.4. The summed E-state index contributed by atoms with van der Waals surface area (Å²) in [5, 5.41) is 4.17. The smallest absolute Gasteiger partial charge is 0.246 e. The normalized spacial score (nSPS) is 17.1. The molecule has 1 N–H and O–H groups in total. The first-order valence-corrected chi connectivity index (χ1v) is 13.5. The van der Waals surface area contributed by atoms with Crippen LogP contribution >= 0.6 is 11.3 Å². The molecule has 2 aromatic heterocycles. The Hall–Kier alpha value is -3.11. The summed E-state index contributed by atoms with van der Waals surface area (Å²) < 4.78 is 6.67. The Morgan fingerprint density at radius 2 is 1.97 bits per heavy atom. The monoisotopic (exact) mass is 519 g/mol. The fourth-order valence-electron chi connectivity index (χ4n) is 4.75. The second-order valence-electron chi connectivity index (χ2n) is 9.66. The summed E-state index contributed by atoms with van der Waals surface area (Å²) in [5.41, 5.74) is 3.03. The van der Waals surface area contributed by atoms with E-state index in [1.807, 2.05) is 25.2 Å². The number of hydrogen-bond donors (Lipinski definition) is 1. The Labute approximate surface area is 221 Å². The van der Waals surface area contributed by atoms with Crippen LogP contribution in [0, 0.1) is 6.92 Å². The van der Waals surface area contributed by atoms with Crippen molar-refractivity contribution in [2.24, 2.45) is 0 Å². The lowest BCUT2D eigenvalue weighted by atomic mass is 10.1. The van der Waals surface area contributed by atoms with Crippen molar-refractivity contribution >= 4 is 45.1 Å². The number of hydrogen-bond acceptors (Lipinski definition) is 7. The van der Waals surface area contributed by atoms with Crippen LogP contribution in [0.5, 0.6) is 0 Å². The number of carbonyl (C=O) groups excluding carboxylic acids is 2. The molecule has 2 aliphatic rings. The van der Waals surface area contributed by atoms with Crippen LogP contribution in [-0.2, 0) is 27.4 Å². The van der Waals surface area contributed by atoms with Gasteiger partial charge >= 0.3 is 0 Å². The maximum absolute atomic E-state index is 12.9. The van der Waals surface area contributed by atoms with Gasteiger partial charge in [0.2, 0.25) is 11.8 Å². The van der Waals surface area contributed by atoms with E-state index < -0.39 is 0 Å². The first kappa shape index (κ1) is 25.5. The van der Waals surface area contributed by atoms with Crippen LogP contribution < -0.4 is 5.32 Å². The number of carbonyl (C=O) groups is 2. The first-order chi connectivity index (χ1) is 18.0. The maximum Gasteiger partial charge on any atom is 0.246 e. The Balaban J connectivity index is 1.23. The van der Waals surface area contributed by atoms with Gasteiger partial charge in [0.05, 0.1) is 26.3 Å². The van der Waals surface area contributed by atoms with E-state index in [1.54, 1.807) is 34.6 Å². The molecule has 1 fully saturated rings. The van der Waals surface area contributed by atoms with Crippen LogP contribution in [0.25, 0.3) is 16.2 Å². The molecule has 0 spiro atoms. The van der Waals surface area contributed by atoms with Crippen molar-refractivity contribution in [3.8, 4) is 0 Å². The molecule has 0 aliphatic carbocycles. The van der Waals surface area contributed by atoms with E-state index in [9.17, 15) is 9.59 Å². The highest BCUT2D eigenvalue weighted by molar-refractivity contribution is 7.19. The average Bonchev–Trinajstić information content (AvgIpc) is 3.12. The van der Waals surface area contributed by atoms with Gasteiger partial charge in [-0.2, -0.15) is 0 Å². The number of aromatic nitrogens is 1. The summed E-state index contributed by atoms with van der Waals surface area (Å²) in [6, 6.07) is 10.4. The van der Waals surface area contributed by atoms with Crippen molar-refractivity contribution in [2.45, 2.75) is 20.0 Å². The number of anilines is 1. The molecule has 37 heavy (non-hydrogen) atoms. The van der Waals surface area contributed by atoms with Crippen LogP contribution in [0.3, 0.4) is 0 Å². The van der Waals surface area contributed by atoms with Gasteiger partial charge in [-0.05, 0) is 41.6 Å². The molecule has 9 heteroatoms. The van der Waals surface area contributed by atoms with Crippen molar-refractivity contribution < 1.29 is 14.3 Å². The molecular formula is C28H33N5O3S. The van der Waals surface area contributed by atoms with E-state index in [4.69, 9.17) is 4.74 Å². The highest BCUT2D eigenvalue weighted by Gasteiger charge is 2.21. The van der Waals surface area contributed by atoms with E-state index in [0.29, 0.717) is 25.5 Å². The average molecular weight is 520 g/mol. The number of benzene rings is 1. The zero-order chi connectivity index (χ0) is 25.8. The van der Waals surface area contributed by atoms with Gasteiger partial charge in [0.1, 0.15) is 5.82 Å². The van der Waals surface area contributed by atoms with Gasteiger partial charge < -0.3 is 15.0 Å². The molecule has 1 saturated heterocycles. The molecule has 8 nitrogen and oxygen atoms in total. The van der Waals surface area contributed by atoms with Gasteiger partial charge in [-0.3, -0.25) is 19.4 Å². The van der Waals surface area contributed by atoms with Crippen LogP contribution in [0.1, 0.15) is 21.6 Å². The third-order valence-corrected chi connectivity index (χ3v) is 8.22. The molecule has 5 rings (SSSR count). The number of nitrogens with zero attached hydrogens (tertiary/aromatic N) is 4. The summed E-state index contributed by atoms with van der Waals surface area (Å²) >= 11 is 1.74. The molecule has 0 atom stereocenters. The van der Waals surface area contributed by atoms with Crippen molar-refractivity contribution in [1.82, 2.24) is 19.7 Å². The number of morpholine rings is 1. The van der Waals surface area contributed by atoms with Crippen LogP contribution in [0.4, 0.5) is 5.82 Å². The number of pyridine rings is 1. The molecule has 0 radical (unpaired) electrons. The predicted molar refractivity (Wildman–Crippen MR) is 147 cm³/mol. The molecule has 0 saturated carbocycles. The highest BCUT2D eigenvalue weighted by Crippen LogP contribution is 2.31. The van der Waals surface area contributed by atoms with Crippen molar-refractivity contribution in [3.05, 3.63) is 64.2 Å². The molecule has 2 amide bonds. The van der Waals surface area contributed by atoms with Gasteiger partial charge in [0.25, 0.3) is 0 Å². The van der Waals surface area contributed by atoms with Crippen LogP contribution in [0.2, 0.25) is 0 Å². The van der Waals surface area contributed by atoms with Crippen LogP contribution in [0.15, 0.2) is 42.6 Å². The Morgan fingerprint density at radius 3 is 2.78 bits per heavy atom. The fraction of sp³-hybridized carbons (Fsp3) is 0.393. The van der Waals surface area contributed by atoms with Gasteiger partial charge in [-0.25, -0.2) is 4.98 Å². The lowest BCUT2D eigenvalue weighted by molar-refractivity contribution is -0.125. The largest absolute Gasteiger partial charge is 0.379 e. The third kappa shape index (κ3) is 6.24. The standard InChI is InChI=1S/C28H33N5O3S/c1-20-23-5-3-4-6-24(23)37-25(20)18-31(2)27(35)8-7-21-15-22-17-33(10-9-32-11-13-36-14-12-32)19-26(34)30-28(22)29-16-21/h3-8,15-16H,9-14,17-19H2,1-2H3,(H,29,30,34). The van der Waals surface area contributed by atoms with Crippen molar-refractivity contribution in [1.29, 1.82) is 0 Å². The Kier molecular flexibility index (Phi) is 7.95.